The lowest BCUT2D eigenvalue weighted by atomic mass is 10.2. The first-order chi connectivity index (χ1) is 25.4. The van der Waals surface area contributed by atoms with Gasteiger partial charge < -0.3 is 0 Å². The van der Waals surface area contributed by atoms with E-state index in [1.54, 1.807) is 22.0 Å². The van der Waals surface area contributed by atoms with Crippen molar-refractivity contribution in [2.24, 2.45) is 0 Å². The third-order valence-corrected chi connectivity index (χ3v) is 12.0. The minimum atomic E-state index is 0.458. The van der Waals surface area contributed by atoms with Gasteiger partial charge in [0.1, 0.15) is 10.1 Å². The average Bonchev–Trinajstić information content (AvgIpc) is 3.96. The number of halogens is 4. The Morgan fingerprint density at radius 2 is 0.923 bits per heavy atom. The Kier molecular flexibility index (Phi) is 10.5. The van der Waals surface area contributed by atoms with E-state index in [1.165, 1.54) is 21.6 Å². The molecule has 258 valence electrons. The van der Waals surface area contributed by atoms with E-state index in [-0.39, 0.29) is 0 Å². The number of hydrogen-bond acceptors (Lipinski definition) is 10. The second-order valence-electron chi connectivity index (χ2n) is 11.2. The summed E-state index contributed by atoms with van der Waals surface area (Å²) in [5.41, 5.74) is 5.30. The van der Waals surface area contributed by atoms with Crippen LogP contribution in [-0.4, -0.2) is 60.0 Å². The fourth-order valence-corrected chi connectivity index (χ4v) is 8.96. The number of rotatable bonds is 11. The van der Waals surface area contributed by atoms with Crippen LogP contribution in [0.3, 0.4) is 0 Å². The summed E-state index contributed by atoms with van der Waals surface area (Å²) < 4.78 is 7.62. The van der Waals surface area contributed by atoms with Crippen molar-refractivity contribution >= 4 is 85.3 Å². The lowest BCUT2D eigenvalue weighted by Gasteiger charge is -2.11. The van der Waals surface area contributed by atoms with Crippen molar-refractivity contribution in [3.05, 3.63) is 138 Å². The van der Waals surface area contributed by atoms with Gasteiger partial charge in [0.2, 0.25) is 11.6 Å². The smallest absolute Gasteiger partial charge is 0.209 e. The number of nitrogens with zero attached hydrogens (tertiary/aromatic N) is 12. The van der Waals surface area contributed by atoms with Crippen LogP contribution in [0.15, 0.2) is 137 Å². The molecule has 0 aliphatic heterocycles. The predicted molar refractivity (Wildman–Crippen MR) is 214 cm³/mol. The molecule has 0 unspecified atom stereocenters. The fraction of sp³-hybridized carbons (Fsp3) is 0.0588. The van der Waals surface area contributed by atoms with E-state index < -0.39 is 0 Å². The molecule has 0 saturated heterocycles. The lowest BCUT2D eigenvalue weighted by molar-refractivity contribution is 0.572. The zero-order valence-electron chi connectivity index (χ0n) is 26.5. The van der Waals surface area contributed by atoms with E-state index in [9.17, 15) is 0 Å². The molecular weight excluding hydrogens is 960 g/mol. The van der Waals surface area contributed by atoms with Crippen LogP contribution >= 0.6 is 85.3 Å². The molecule has 52 heavy (non-hydrogen) atoms. The quantitative estimate of drug-likeness (QED) is 0.116. The molecule has 8 rings (SSSR count). The first-order valence-corrected chi connectivity index (χ1v) is 20.8. The Morgan fingerprint density at radius 1 is 0.500 bits per heavy atom. The molecule has 0 aliphatic carbocycles. The summed E-state index contributed by atoms with van der Waals surface area (Å²) >= 11 is 14.2. The Bertz CT molecular complexity index is 2320. The van der Waals surface area contributed by atoms with E-state index in [0.29, 0.717) is 24.7 Å². The highest BCUT2D eigenvalue weighted by Crippen LogP contribution is 2.46. The molecular formula is C34H22Br4N12S2. The predicted octanol–water partition coefficient (Wildman–Crippen LogP) is 9.31. The van der Waals surface area contributed by atoms with Gasteiger partial charge >= 0.3 is 0 Å². The molecule has 4 aromatic heterocycles. The summed E-state index contributed by atoms with van der Waals surface area (Å²) in [5, 5.41) is 38.3. The third kappa shape index (κ3) is 7.86. The number of hydrogen-bond donors (Lipinski definition) is 0. The second kappa shape index (κ2) is 15.6. The van der Waals surface area contributed by atoms with Crippen molar-refractivity contribution in [2.45, 2.75) is 23.1 Å². The van der Waals surface area contributed by atoms with E-state index in [1.807, 2.05) is 106 Å². The van der Waals surface area contributed by atoms with Crippen molar-refractivity contribution in [3.63, 3.8) is 0 Å². The van der Waals surface area contributed by atoms with E-state index >= 15 is 0 Å². The zero-order valence-corrected chi connectivity index (χ0v) is 34.5. The number of benzene rings is 4. The normalized spacial score (nSPS) is 11.4. The summed E-state index contributed by atoms with van der Waals surface area (Å²) in [6.07, 6.45) is 3.54. The Balaban J connectivity index is 1.16. The minimum Gasteiger partial charge on any atom is -0.226 e. The summed E-state index contributed by atoms with van der Waals surface area (Å²) in [5.74, 6) is 0.916. The largest absolute Gasteiger partial charge is 0.226 e. The maximum Gasteiger partial charge on any atom is 0.209 e. The van der Waals surface area contributed by atoms with Crippen molar-refractivity contribution < 1.29 is 0 Å². The lowest BCUT2D eigenvalue weighted by Crippen LogP contribution is -2.04. The van der Waals surface area contributed by atoms with Crippen LogP contribution in [-0.2, 0) is 13.1 Å². The molecule has 0 atom stereocenters. The summed E-state index contributed by atoms with van der Waals surface area (Å²) in [6, 6.07) is 32.0. The summed E-state index contributed by atoms with van der Waals surface area (Å²) in [4.78, 5) is 3.17. The van der Waals surface area contributed by atoms with Crippen LogP contribution in [0, 0.1) is 0 Å². The minimum absolute atomic E-state index is 0.458. The number of aromatic nitrogens is 12. The van der Waals surface area contributed by atoms with Crippen LogP contribution in [0.4, 0.5) is 0 Å². The van der Waals surface area contributed by atoms with Gasteiger partial charge in [-0.05, 0) is 104 Å². The number of tetrazole rings is 2. The van der Waals surface area contributed by atoms with Crippen molar-refractivity contribution in [1.82, 2.24) is 60.0 Å². The van der Waals surface area contributed by atoms with E-state index in [4.69, 9.17) is 20.4 Å². The first kappa shape index (κ1) is 35.1. The Hall–Kier alpha value is -3.94. The molecule has 0 amide bonds. The van der Waals surface area contributed by atoms with Gasteiger partial charge in [0.15, 0.2) is 0 Å². The van der Waals surface area contributed by atoms with Gasteiger partial charge in [-0.15, -0.1) is 20.4 Å². The highest BCUT2D eigenvalue weighted by atomic mass is 79.9. The molecule has 0 fully saturated rings. The molecule has 12 nitrogen and oxygen atoms in total. The standard InChI is InChI=1S/C34H22Br4N12S2/c35-23-11-7-21(8-12-23)19-47-43-31(41-45-47)29-17-39-49(27-5-1-3-25(37)15-27)33(29)51-52-34-30(18-40-50(34)28-6-2-4-26(38)16-28)32-42-46-48(44-32)20-22-9-13-24(36)14-10-22/h1-18H,19-20H2. The van der Waals surface area contributed by atoms with Gasteiger partial charge in [-0.3, -0.25) is 0 Å². The highest BCUT2D eigenvalue weighted by molar-refractivity contribution is 9.11. The van der Waals surface area contributed by atoms with Crippen LogP contribution in [0.1, 0.15) is 11.1 Å². The van der Waals surface area contributed by atoms with Gasteiger partial charge in [0.05, 0.1) is 48.0 Å². The third-order valence-electron chi connectivity index (χ3n) is 7.62. The van der Waals surface area contributed by atoms with E-state index in [2.05, 4.69) is 84.3 Å². The van der Waals surface area contributed by atoms with Crippen LogP contribution in [0.5, 0.6) is 0 Å². The maximum absolute atomic E-state index is 4.80. The molecule has 0 bridgehead atoms. The fourth-order valence-electron chi connectivity index (χ4n) is 5.15. The van der Waals surface area contributed by atoms with Crippen molar-refractivity contribution in [3.8, 4) is 34.2 Å². The molecule has 0 spiro atoms. The van der Waals surface area contributed by atoms with Crippen molar-refractivity contribution in [1.29, 1.82) is 0 Å². The van der Waals surface area contributed by atoms with Gasteiger partial charge in [-0.2, -0.15) is 19.8 Å². The SMILES string of the molecule is Brc1ccc(Cn2nnc(-c3cnn(-c4cccc(Br)c4)c3SSc3c(-c4nnn(Cc5ccc(Br)cc5)n4)cnn3-c3cccc(Br)c3)n2)cc1. The monoisotopic (exact) mass is 978 g/mol. The highest BCUT2D eigenvalue weighted by Gasteiger charge is 2.24. The molecule has 0 radical (unpaired) electrons. The Morgan fingerprint density at radius 3 is 1.33 bits per heavy atom. The van der Waals surface area contributed by atoms with Crippen molar-refractivity contribution in [2.75, 3.05) is 0 Å². The Labute approximate surface area is 338 Å². The molecule has 8 aromatic rings. The molecule has 4 heterocycles. The van der Waals surface area contributed by atoms with Crippen LogP contribution in [0.2, 0.25) is 0 Å². The van der Waals surface area contributed by atoms with Gasteiger partial charge in [0, 0.05) is 17.9 Å². The molecule has 0 aliphatic rings. The molecule has 0 saturated carbocycles. The summed E-state index contributed by atoms with van der Waals surface area (Å²) in [7, 11) is 3.00. The first-order valence-electron chi connectivity index (χ1n) is 15.4. The molecule has 4 aromatic carbocycles. The van der Waals surface area contributed by atoms with E-state index in [0.717, 1.165) is 61.6 Å². The molecule has 18 heteroatoms. The topological polar surface area (TPSA) is 123 Å². The molecule has 0 N–H and O–H groups in total. The zero-order chi connectivity index (χ0) is 35.6. The summed E-state index contributed by atoms with van der Waals surface area (Å²) in [6.45, 7) is 0.948. The van der Waals surface area contributed by atoms with Gasteiger partial charge in [0.25, 0.3) is 0 Å². The maximum atomic E-state index is 4.80. The van der Waals surface area contributed by atoms with Crippen LogP contribution in [0.25, 0.3) is 34.2 Å². The van der Waals surface area contributed by atoms with Gasteiger partial charge in [-0.25, -0.2) is 9.36 Å². The average molecular weight is 982 g/mol. The van der Waals surface area contributed by atoms with Crippen LogP contribution < -0.4 is 0 Å². The second-order valence-corrected chi connectivity index (χ2v) is 17.0. The van der Waals surface area contributed by atoms with Gasteiger partial charge in [-0.1, -0.05) is 100 Å².